The molecule has 6 heavy (non-hydrogen) atoms. The number of aliphatic hydroxyl groups is 1. The summed E-state index contributed by atoms with van der Waals surface area (Å²) in [5.41, 5.74) is 0. The number of Topliss-reactive ketones (excluding diaryl/α,β-unsaturated/α-hetero) is 1. The first-order valence-electron chi connectivity index (χ1n) is 1.25. The van der Waals surface area contributed by atoms with Crippen LogP contribution in [-0.4, -0.2) is 10.9 Å². The van der Waals surface area contributed by atoms with E-state index >= 15 is 0 Å². The second-order valence-corrected chi connectivity index (χ2v) is 0.740. The predicted molar refractivity (Wildman–Crippen MR) is 16.9 cm³/mol. The van der Waals surface area contributed by atoms with E-state index in [1.54, 1.807) is 0 Å². The van der Waals surface area contributed by atoms with E-state index in [1.807, 2.05) is 0 Å². The Morgan fingerprint density at radius 1 is 1.83 bits per heavy atom. The average Bonchev–Trinajstić information content (AvgIpc) is 1.38. The van der Waals surface area contributed by atoms with Crippen LogP contribution in [0.2, 0.25) is 0 Å². The molecule has 0 bridgehead atoms. The molecule has 1 N–H and O–H groups in total. The fourth-order valence-corrected chi connectivity index (χ4v) is 0. The van der Waals surface area contributed by atoms with Gasteiger partial charge in [0.15, 0.2) is 0 Å². The zero-order valence-electron chi connectivity index (χ0n) is 3.51. The van der Waals surface area contributed by atoms with Crippen molar-refractivity contribution >= 4 is 5.78 Å². The van der Waals surface area contributed by atoms with Crippen LogP contribution in [0.1, 0.15) is 6.92 Å². The number of carbonyl (C=O) groups is 1. The molecule has 3 heteroatoms. The second kappa shape index (κ2) is 5.60. The van der Waals surface area contributed by atoms with E-state index in [4.69, 9.17) is 5.11 Å². The van der Waals surface area contributed by atoms with Crippen molar-refractivity contribution in [3.63, 3.8) is 0 Å². The Balaban J connectivity index is 0. The van der Waals surface area contributed by atoms with Crippen LogP contribution >= 0.6 is 0 Å². The standard InChI is InChI=1S/C3H5O2.Y/c1-3(5)2-4;/h2,4H,1H3;/q-1;. The molecule has 0 fully saturated rings. The van der Waals surface area contributed by atoms with Gasteiger partial charge in [0.25, 0.3) is 0 Å². The Labute approximate surface area is 61.8 Å². The van der Waals surface area contributed by atoms with Crippen LogP contribution < -0.4 is 0 Å². The number of ketones is 1. The molecule has 0 aromatic carbocycles. The Kier molecular flexibility index (Phi) is 9.14. The fourth-order valence-electron chi connectivity index (χ4n) is 0. The maximum absolute atomic E-state index is 9.51. The van der Waals surface area contributed by atoms with Gasteiger partial charge in [0.05, 0.1) is 0 Å². The van der Waals surface area contributed by atoms with E-state index < -0.39 is 0 Å². The first kappa shape index (κ1) is 9.78. The molecule has 1 radical (unpaired) electrons. The molecular weight excluding hydrogens is 157 g/mol. The van der Waals surface area contributed by atoms with Gasteiger partial charge in [0.1, 0.15) is 0 Å². The Morgan fingerprint density at radius 2 is 2.00 bits per heavy atom. The molecule has 0 unspecified atom stereocenters. The van der Waals surface area contributed by atoms with Crippen molar-refractivity contribution < 1.29 is 42.6 Å². The summed E-state index contributed by atoms with van der Waals surface area (Å²) in [4.78, 5) is 9.51. The largest absolute Gasteiger partial charge is 0.540 e. The van der Waals surface area contributed by atoms with Crippen molar-refractivity contribution in [1.82, 2.24) is 0 Å². The monoisotopic (exact) mass is 162 g/mol. The van der Waals surface area contributed by atoms with Gasteiger partial charge in [-0.3, -0.25) is 0 Å². The summed E-state index contributed by atoms with van der Waals surface area (Å²) in [7, 11) is 0. The quantitative estimate of drug-likeness (QED) is 0.555. The summed E-state index contributed by atoms with van der Waals surface area (Å²) in [5, 5.41) is 7.67. The predicted octanol–water partition coefficient (Wildman–Crippen LogP) is 0.107. The van der Waals surface area contributed by atoms with E-state index in [1.165, 1.54) is 6.92 Å². The third kappa shape index (κ3) is 8.82. The van der Waals surface area contributed by atoms with Crippen molar-refractivity contribution in [3.8, 4) is 0 Å². The van der Waals surface area contributed by atoms with Crippen molar-refractivity contribution in [1.29, 1.82) is 0 Å². The first-order valence-corrected chi connectivity index (χ1v) is 1.25. The number of aliphatic hydroxyl groups excluding tert-OH is 1. The van der Waals surface area contributed by atoms with Gasteiger partial charge in [-0.25, -0.2) is 6.61 Å². The SMILES string of the molecule is CC(=O)[CH-]O.[Y]. The zero-order valence-corrected chi connectivity index (χ0v) is 6.35. The van der Waals surface area contributed by atoms with E-state index in [0.717, 1.165) is 0 Å². The van der Waals surface area contributed by atoms with Crippen LogP contribution in [0.15, 0.2) is 0 Å². The van der Waals surface area contributed by atoms with Gasteiger partial charge in [-0.05, 0) is 6.92 Å². The molecule has 0 heterocycles. The Bertz CT molecular complexity index is 44.1. The molecule has 0 aliphatic rings. The summed E-state index contributed by atoms with van der Waals surface area (Å²) in [6, 6.07) is 0. The van der Waals surface area contributed by atoms with Crippen LogP contribution in [-0.2, 0) is 37.5 Å². The molecule has 0 rings (SSSR count). The Morgan fingerprint density at radius 3 is 2.00 bits per heavy atom. The minimum atomic E-state index is -0.315. The van der Waals surface area contributed by atoms with Gasteiger partial charge in [-0.2, -0.15) is 0 Å². The van der Waals surface area contributed by atoms with Gasteiger partial charge >= 0.3 is 0 Å². The molecule has 0 saturated heterocycles. The molecule has 0 amide bonds. The van der Waals surface area contributed by atoms with Crippen molar-refractivity contribution in [2.75, 3.05) is 0 Å². The molecule has 0 saturated carbocycles. The number of hydrogen-bond acceptors (Lipinski definition) is 2. The molecule has 2 nitrogen and oxygen atoms in total. The maximum atomic E-state index is 9.51. The fraction of sp³-hybridized carbons (Fsp3) is 0.333. The number of rotatable bonds is 1. The summed E-state index contributed by atoms with van der Waals surface area (Å²) in [6.45, 7) is 1.81. The molecule has 0 spiro atoms. The minimum Gasteiger partial charge on any atom is -0.540 e. The summed E-state index contributed by atoms with van der Waals surface area (Å²) in [5.74, 6) is -0.315. The maximum Gasteiger partial charge on any atom is 0.0190 e. The van der Waals surface area contributed by atoms with E-state index in [2.05, 4.69) is 0 Å². The second-order valence-electron chi connectivity index (χ2n) is 0.740. The van der Waals surface area contributed by atoms with Crippen LogP contribution in [0.4, 0.5) is 0 Å². The topological polar surface area (TPSA) is 37.3 Å². The third-order valence-electron chi connectivity index (χ3n) is 0.182. The van der Waals surface area contributed by atoms with Crippen LogP contribution in [0.3, 0.4) is 0 Å². The van der Waals surface area contributed by atoms with Crippen molar-refractivity contribution in [3.05, 3.63) is 6.61 Å². The zero-order chi connectivity index (χ0) is 4.28. The molecule has 0 aliphatic heterocycles. The molecule has 0 aromatic rings. The molecule has 0 aromatic heterocycles. The molecule has 0 atom stereocenters. The Hall–Kier alpha value is 0.604. The van der Waals surface area contributed by atoms with E-state index in [9.17, 15) is 4.79 Å². The van der Waals surface area contributed by atoms with Gasteiger partial charge < -0.3 is 9.90 Å². The summed E-state index contributed by atoms with van der Waals surface area (Å²) < 4.78 is 0. The molecule has 33 valence electrons. The molecular formula is C3H5O2Y-. The number of carbonyl (C=O) groups excluding carboxylic acids is 1. The van der Waals surface area contributed by atoms with Gasteiger partial charge in [0.2, 0.25) is 0 Å². The van der Waals surface area contributed by atoms with Crippen LogP contribution in [0, 0.1) is 6.61 Å². The smallest absolute Gasteiger partial charge is 0.0190 e. The van der Waals surface area contributed by atoms with Gasteiger partial charge in [-0.15, -0.1) is 0 Å². The average molecular weight is 162 g/mol. The van der Waals surface area contributed by atoms with Crippen molar-refractivity contribution in [2.24, 2.45) is 0 Å². The normalized spacial score (nSPS) is 5.67. The molecule has 0 aliphatic carbocycles. The first-order chi connectivity index (χ1) is 2.27. The van der Waals surface area contributed by atoms with Crippen molar-refractivity contribution in [2.45, 2.75) is 6.92 Å². The minimum absolute atomic E-state index is 0. The van der Waals surface area contributed by atoms with E-state index in [0.29, 0.717) is 6.61 Å². The van der Waals surface area contributed by atoms with Crippen LogP contribution in [0.5, 0.6) is 0 Å². The number of hydrogen-bond donors (Lipinski definition) is 1. The summed E-state index contributed by atoms with van der Waals surface area (Å²) >= 11 is 0. The van der Waals surface area contributed by atoms with Gasteiger partial charge in [-0.1, -0.05) is 0 Å². The van der Waals surface area contributed by atoms with Crippen LogP contribution in [0.25, 0.3) is 0 Å². The summed E-state index contributed by atoms with van der Waals surface area (Å²) in [6.07, 6.45) is 0. The van der Waals surface area contributed by atoms with Gasteiger partial charge in [0, 0.05) is 38.5 Å². The van der Waals surface area contributed by atoms with E-state index in [-0.39, 0.29) is 38.5 Å². The third-order valence-corrected chi connectivity index (χ3v) is 0.182.